The van der Waals surface area contributed by atoms with Gasteiger partial charge in [-0.2, -0.15) is 4.98 Å². The van der Waals surface area contributed by atoms with Gasteiger partial charge in [-0.1, -0.05) is 23.0 Å². The summed E-state index contributed by atoms with van der Waals surface area (Å²) in [5.74, 6) is 2.37. The number of nitrogens with one attached hydrogen (secondary N) is 1. The van der Waals surface area contributed by atoms with E-state index in [0.29, 0.717) is 22.6 Å². The van der Waals surface area contributed by atoms with Crippen LogP contribution in [0.4, 0.5) is 0 Å². The summed E-state index contributed by atoms with van der Waals surface area (Å²) in [6.07, 6.45) is 2.33. The van der Waals surface area contributed by atoms with Crippen LogP contribution in [0.25, 0.3) is 11.6 Å². The minimum Gasteiger partial charge on any atom is -0.461 e. The highest BCUT2D eigenvalue weighted by atomic mass is 32.2. The van der Waals surface area contributed by atoms with Crippen LogP contribution < -0.4 is 0 Å². The molecule has 122 valence electrons. The minimum atomic E-state index is -0.0633. The average molecular weight is 359 g/mol. The maximum Gasteiger partial charge on any atom is 0.240 e. The summed E-state index contributed by atoms with van der Waals surface area (Å²) >= 11 is 3.17. The zero-order valence-electron chi connectivity index (χ0n) is 12.7. The smallest absolute Gasteiger partial charge is 0.240 e. The summed E-state index contributed by atoms with van der Waals surface area (Å²) in [7, 11) is 0. The molecule has 4 rings (SSSR count). The molecule has 1 N–H and O–H groups in total. The molecule has 0 spiro atoms. The van der Waals surface area contributed by atoms with E-state index in [-0.39, 0.29) is 5.25 Å². The van der Waals surface area contributed by atoms with Crippen LogP contribution in [0.1, 0.15) is 28.8 Å². The van der Waals surface area contributed by atoms with Gasteiger partial charge in [-0.05, 0) is 30.5 Å². The normalized spacial score (nSPS) is 12.5. The summed E-state index contributed by atoms with van der Waals surface area (Å²) < 4.78 is 10.6. The molecule has 1 atom stereocenters. The average Bonchev–Trinajstić information content (AvgIpc) is 3.36. The van der Waals surface area contributed by atoms with E-state index in [2.05, 4.69) is 36.8 Å². The Morgan fingerprint density at radius 3 is 3.04 bits per heavy atom. The Labute approximate surface area is 145 Å². The fourth-order valence-corrected chi connectivity index (χ4v) is 3.59. The fourth-order valence-electron chi connectivity index (χ4n) is 2.10. The van der Waals surface area contributed by atoms with Crippen LogP contribution in [0.2, 0.25) is 0 Å². The molecule has 0 saturated heterocycles. The first kappa shape index (κ1) is 15.2. The number of thioether (sulfide) groups is 1. The van der Waals surface area contributed by atoms with Crippen molar-refractivity contribution in [3.05, 3.63) is 52.5 Å². The highest BCUT2D eigenvalue weighted by Crippen LogP contribution is 2.32. The van der Waals surface area contributed by atoms with Gasteiger partial charge in [0.1, 0.15) is 5.82 Å². The third-order valence-electron chi connectivity index (χ3n) is 3.25. The van der Waals surface area contributed by atoms with Crippen LogP contribution in [-0.2, 0) is 6.42 Å². The Balaban J connectivity index is 1.42. The van der Waals surface area contributed by atoms with Crippen molar-refractivity contribution < 1.29 is 8.94 Å². The van der Waals surface area contributed by atoms with Crippen LogP contribution in [-0.4, -0.2) is 25.3 Å². The second-order valence-corrected chi connectivity index (χ2v) is 7.35. The number of hydrogen-bond donors (Lipinski definition) is 1. The molecule has 0 aliphatic rings. The molecular weight excluding hydrogens is 346 g/mol. The van der Waals surface area contributed by atoms with Crippen LogP contribution in [0.5, 0.6) is 0 Å². The quantitative estimate of drug-likeness (QED) is 0.521. The van der Waals surface area contributed by atoms with Crippen LogP contribution >= 0.6 is 23.1 Å². The summed E-state index contributed by atoms with van der Waals surface area (Å²) in [6.45, 7) is 1.97. The topological polar surface area (TPSA) is 93.6 Å². The van der Waals surface area contributed by atoms with E-state index in [1.165, 1.54) is 16.6 Å². The van der Waals surface area contributed by atoms with E-state index < -0.39 is 0 Å². The Kier molecular flexibility index (Phi) is 4.18. The Morgan fingerprint density at radius 2 is 2.25 bits per heavy atom. The number of rotatable bonds is 6. The van der Waals surface area contributed by atoms with Crippen molar-refractivity contribution in [2.24, 2.45) is 0 Å². The van der Waals surface area contributed by atoms with Gasteiger partial charge in [0.2, 0.25) is 16.9 Å². The molecule has 4 aromatic heterocycles. The standard InChI is InChI=1S/C15H13N5O2S2/c1-9(14-17-13(20-22-14)11-5-2-6-21-11)24-15-16-12(18-19-15)8-10-4-3-7-23-10/h2-7,9H,8H2,1H3,(H,16,18,19). The number of H-pyrrole nitrogens is 1. The molecule has 0 amide bonds. The van der Waals surface area contributed by atoms with Crippen LogP contribution in [0, 0.1) is 0 Å². The maximum atomic E-state index is 5.31. The number of hydrogen-bond acceptors (Lipinski definition) is 8. The van der Waals surface area contributed by atoms with E-state index in [4.69, 9.17) is 8.94 Å². The molecule has 0 saturated carbocycles. The van der Waals surface area contributed by atoms with Crippen LogP contribution in [0.15, 0.2) is 50.0 Å². The second kappa shape index (κ2) is 6.62. The Bertz CT molecular complexity index is 898. The second-order valence-electron chi connectivity index (χ2n) is 5.01. The van der Waals surface area contributed by atoms with Gasteiger partial charge in [0, 0.05) is 11.3 Å². The number of nitrogens with zero attached hydrogens (tertiary/aromatic N) is 4. The number of furan rings is 1. The lowest BCUT2D eigenvalue weighted by atomic mass is 10.3. The van der Waals surface area contributed by atoms with E-state index in [1.807, 2.05) is 13.0 Å². The summed E-state index contributed by atoms with van der Waals surface area (Å²) in [6, 6.07) is 7.68. The van der Waals surface area contributed by atoms with Crippen LogP contribution in [0.3, 0.4) is 0 Å². The Hall–Kier alpha value is -2.39. The first-order valence-corrected chi connectivity index (χ1v) is 9.01. The van der Waals surface area contributed by atoms with Crippen molar-refractivity contribution >= 4 is 23.1 Å². The molecule has 0 bridgehead atoms. The molecule has 4 heterocycles. The van der Waals surface area contributed by atoms with Crippen molar-refractivity contribution in [1.29, 1.82) is 0 Å². The van der Waals surface area contributed by atoms with E-state index in [0.717, 1.165) is 12.2 Å². The lowest BCUT2D eigenvalue weighted by Crippen LogP contribution is -1.90. The highest BCUT2D eigenvalue weighted by Gasteiger charge is 2.19. The first-order valence-electron chi connectivity index (χ1n) is 7.26. The lowest BCUT2D eigenvalue weighted by molar-refractivity contribution is 0.379. The van der Waals surface area contributed by atoms with E-state index in [1.54, 1.807) is 29.7 Å². The van der Waals surface area contributed by atoms with Gasteiger partial charge < -0.3 is 8.94 Å². The third-order valence-corrected chi connectivity index (χ3v) is 5.07. The SMILES string of the molecule is CC(Sc1n[nH]c(Cc2cccs2)n1)c1nc(-c2ccco2)no1. The van der Waals surface area contributed by atoms with Crippen molar-refractivity contribution in [3.63, 3.8) is 0 Å². The predicted octanol–water partition coefficient (Wildman–Crippen LogP) is 3.95. The molecule has 0 radical (unpaired) electrons. The Morgan fingerprint density at radius 1 is 1.29 bits per heavy atom. The van der Waals surface area contributed by atoms with Crippen molar-refractivity contribution in [2.45, 2.75) is 23.8 Å². The van der Waals surface area contributed by atoms with Gasteiger partial charge in [0.25, 0.3) is 0 Å². The van der Waals surface area contributed by atoms with Crippen molar-refractivity contribution in [3.8, 4) is 11.6 Å². The van der Waals surface area contributed by atoms with Gasteiger partial charge in [0.15, 0.2) is 5.76 Å². The lowest BCUT2D eigenvalue weighted by Gasteiger charge is -2.01. The number of aromatic nitrogens is 5. The van der Waals surface area contributed by atoms with Crippen molar-refractivity contribution in [2.75, 3.05) is 0 Å². The zero-order chi connectivity index (χ0) is 16.4. The molecule has 0 aromatic carbocycles. The zero-order valence-corrected chi connectivity index (χ0v) is 14.3. The molecular formula is C15H13N5O2S2. The molecule has 24 heavy (non-hydrogen) atoms. The van der Waals surface area contributed by atoms with E-state index in [9.17, 15) is 0 Å². The van der Waals surface area contributed by atoms with Gasteiger partial charge in [-0.25, -0.2) is 4.98 Å². The molecule has 9 heteroatoms. The monoisotopic (exact) mass is 359 g/mol. The van der Waals surface area contributed by atoms with Crippen molar-refractivity contribution in [1.82, 2.24) is 25.3 Å². The summed E-state index contributed by atoms with van der Waals surface area (Å²) in [4.78, 5) is 10.1. The number of aromatic amines is 1. The van der Waals surface area contributed by atoms with Gasteiger partial charge in [-0.3, -0.25) is 5.10 Å². The van der Waals surface area contributed by atoms with E-state index >= 15 is 0 Å². The first-order chi connectivity index (χ1) is 11.8. The maximum absolute atomic E-state index is 5.31. The summed E-state index contributed by atoms with van der Waals surface area (Å²) in [5, 5.41) is 13.8. The third kappa shape index (κ3) is 3.26. The molecule has 0 aliphatic heterocycles. The number of thiophene rings is 1. The molecule has 0 aliphatic carbocycles. The van der Waals surface area contributed by atoms with Gasteiger partial charge in [-0.15, -0.1) is 16.4 Å². The molecule has 7 nitrogen and oxygen atoms in total. The minimum absolute atomic E-state index is 0.0633. The van der Waals surface area contributed by atoms with Gasteiger partial charge in [0.05, 0.1) is 11.5 Å². The molecule has 4 aromatic rings. The summed E-state index contributed by atoms with van der Waals surface area (Å²) in [5.41, 5.74) is 0. The van der Waals surface area contributed by atoms with Gasteiger partial charge >= 0.3 is 0 Å². The molecule has 1 unspecified atom stereocenters. The highest BCUT2D eigenvalue weighted by molar-refractivity contribution is 7.99. The molecule has 0 fully saturated rings. The largest absolute Gasteiger partial charge is 0.461 e. The fraction of sp³-hybridized carbons (Fsp3) is 0.200. The predicted molar refractivity (Wildman–Crippen MR) is 89.8 cm³/mol.